The number of hydrogen-bond donors (Lipinski definition) is 2. The number of likely N-dealkylation sites (tertiary alicyclic amines) is 1. The SMILES string of the molecule is CCOc1ccc(NCc2cccn2-c2nnc(N3CCC(C(=O)NCCN4CCCC[C@@H]4C)CC3)s2)cc1. The summed E-state index contributed by atoms with van der Waals surface area (Å²) in [5.74, 6) is 1.16. The topological polar surface area (TPSA) is 87.5 Å². The molecule has 9 nitrogen and oxygen atoms in total. The molecule has 0 spiro atoms. The molecule has 1 aromatic carbocycles. The monoisotopic (exact) mass is 551 g/mol. The van der Waals surface area contributed by atoms with Crippen molar-refractivity contribution < 1.29 is 9.53 Å². The zero-order chi connectivity index (χ0) is 27.0. The van der Waals surface area contributed by atoms with Crippen molar-refractivity contribution >= 4 is 28.1 Å². The molecule has 39 heavy (non-hydrogen) atoms. The summed E-state index contributed by atoms with van der Waals surface area (Å²) >= 11 is 1.60. The van der Waals surface area contributed by atoms with E-state index in [0.717, 1.165) is 73.0 Å². The van der Waals surface area contributed by atoms with Crippen LogP contribution in [0.15, 0.2) is 42.6 Å². The highest BCUT2D eigenvalue weighted by Crippen LogP contribution is 2.29. The fourth-order valence-electron chi connectivity index (χ4n) is 5.50. The van der Waals surface area contributed by atoms with E-state index in [0.29, 0.717) is 19.2 Å². The molecule has 2 aliphatic heterocycles. The molecule has 10 heteroatoms. The minimum absolute atomic E-state index is 0.0807. The lowest BCUT2D eigenvalue weighted by Crippen LogP contribution is -2.45. The van der Waals surface area contributed by atoms with Gasteiger partial charge < -0.3 is 20.3 Å². The third kappa shape index (κ3) is 7.10. The first-order valence-corrected chi connectivity index (χ1v) is 15.2. The van der Waals surface area contributed by atoms with Crippen LogP contribution in [0.5, 0.6) is 5.75 Å². The van der Waals surface area contributed by atoms with Crippen LogP contribution in [0.25, 0.3) is 5.13 Å². The van der Waals surface area contributed by atoms with Gasteiger partial charge in [-0.2, -0.15) is 0 Å². The molecule has 0 unspecified atom stereocenters. The summed E-state index contributed by atoms with van der Waals surface area (Å²) in [5.41, 5.74) is 2.15. The maximum Gasteiger partial charge on any atom is 0.223 e. The minimum Gasteiger partial charge on any atom is -0.494 e. The van der Waals surface area contributed by atoms with E-state index in [1.807, 2.05) is 43.5 Å². The van der Waals surface area contributed by atoms with Crippen LogP contribution in [0.3, 0.4) is 0 Å². The molecule has 2 saturated heterocycles. The Morgan fingerprint density at radius 3 is 2.62 bits per heavy atom. The van der Waals surface area contributed by atoms with E-state index in [1.54, 1.807) is 11.3 Å². The van der Waals surface area contributed by atoms with Crippen LogP contribution in [0.4, 0.5) is 10.8 Å². The molecule has 5 rings (SSSR count). The van der Waals surface area contributed by atoms with Crippen molar-refractivity contribution in [3.63, 3.8) is 0 Å². The number of hydrogen-bond acceptors (Lipinski definition) is 8. The first kappa shape index (κ1) is 27.5. The first-order valence-electron chi connectivity index (χ1n) is 14.3. The number of carbonyl (C=O) groups excluding carboxylic acids is 1. The van der Waals surface area contributed by atoms with Gasteiger partial charge in [-0.3, -0.25) is 14.3 Å². The molecular formula is C29H41N7O2S. The van der Waals surface area contributed by atoms with Crippen molar-refractivity contribution in [3.8, 4) is 10.9 Å². The fraction of sp³-hybridized carbons (Fsp3) is 0.552. The number of nitrogens with one attached hydrogen (secondary N) is 2. The Bertz CT molecular complexity index is 1190. The summed E-state index contributed by atoms with van der Waals surface area (Å²) in [6.07, 6.45) is 7.60. The van der Waals surface area contributed by atoms with Crippen molar-refractivity contribution in [2.75, 3.05) is 49.5 Å². The van der Waals surface area contributed by atoms with Gasteiger partial charge in [0, 0.05) is 55.7 Å². The number of rotatable bonds is 11. The van der Waals surface area contributed by atoms with Crippen molar-refractivity contribution in [2.45, 2.75) is 58.5 Å². The highest BCUT2D eigenvalue weighted by Gasteiger charge is 2.27. The van der Waals surface area contributed by atoms with Gasteiger partial charge in [-0.15, -0.1) is 10.2 Å². The molecule has 0 saturated carbocycles. The van der Waals surface area contributed by atoms with Crippen LogP contribution < -0.4 is 20.3 Å². The van der Waals surface area contributed by atoms with E-state index in [4.69, 9.17) is 4.74 Å². The lowest BCUT2D eigenvalue weighted by Gasteiger charge is -2.34. The molecule has 1 atom stereocenters. The number of amides is 1. The smallest absolute Gasteiger partial charge is 0.223 e. The molecule has 2 fully saturated rings. The Morgan fingerprint density at radius 2 is 1.85 bits per heavy atom. The number of piperidine rings is 2. The van der Waals surface area contributed by atoms with Crippen LogP contribution in [0, 0.1) is 5.92 Å². The average molecular weight is 552 g/mol. The molecule has 1 amide bonds. The molecule has 0 bridgehead atoms. The number of carbonyl (C=O) groups is 1. The number of anilines is 2. The predicted molar refractivity (Wildman–Crippen MR) is 157 cm³/mol. The zero-order valence-electron chi connectivity index (χ0n) is 23.1. The summed E-state index contributed by atoms with van der Waals surface area (Å²) in [6, 6.07) is 12.8. The molecule has 2 aromatic heterocycles. The van der Waals surface area contributed by atoms with Gasteiger partial charge in [0.15, 0.2) is 0 Å². The first-order chi connectivity index (χ1) is 19.1. The van der Waals surface area contributed by atoms with Gasteiger partial charge in [0.1, 0.15) is 5.75 Å². The van der Waals surface area contributed by atoms with E-state index < -0.39 is 0 Å². The minimum atomic E-state index is 0.0807. The van der Waals surface area contributed by atoms with Gasteiger partial charge in [0.2, 0.25) is 16.2 Å². The van der Waals surface area contributed by atoms with E-state index in [9.17, 15) is 4.79 Å². The molecule has 4 heterocycles. The number of nitrogens with zero attached hydrogens (tertiary/aromatic N) is 5. The highest BCUT2D eigenvalue weighted by atomic mass is 32.1. The molecular weight excluding hydrogens is 510 g/mol. The largest absolute Gasteiger partial charge is 0.494 e. The second-order valence-corrected chi connectivity index (χ2v) is 11.4. The van der Waals surface area contributed by atoms with Crippen molar-refractivity contribution in [2.24, 2.45) is 5.92 Å². The Labute approximate surface area is 235 Å². The van der Waals surface area contributed by atoms with Crippen LogP contribution in [0.2, 0.25) is 0 Å². The van der Waals surface area contributed by atoms with Crippen molar-refractivity contribution in [1.82, 2.24) is 25.0 Å². The second kappa shape index (κ2) is 13.3. The van der Waals surface area contributed by atoms with Crippen molar-refractivity contribution in [1.29, 1.82) is 0 Å². The molecule has 3 aromatic rings. The van der Waals surface area contributed by atoms with Crippen molar-refractivity contribution in [3.05, 3.63) is 48.3 Å². The summed E-state index contributed by atoms with van der Waals surface area (Å²) < 4.78 is 7.62. The summed E-state index contributed by atoms with van der Waals surface area (Å²) in [6.45, 7) is 10.1. The molecule has 0 radical (unpaired) electrons. The number of benzene rings is 1. The van der Waals surface area contributed by atoms with Gasteiger partial charge >= 0.3 is 0 Å². The van der Waals surface area contributed by atoms with Crippen LogP contribution >= 0.6 is 11.3 Å². The van der Waals surface area contributed by atoms with Gasteiger partial charge in [-0.05, 0) is 82.5 Å². The van der Waals surface area contributed by atoms with E-state index >= 15 is 0 Å². The van der Waals surface area contributed by atoms with Gasteiger partial charge in [0.05, 0.1) is 13.2 Å². The standard InChI is InChI=1S/C29H41N7O2S/c1-3-38-26-11-9-24(10-12-26)31-21-25-8-6-17-36(25)29-33-32-28(39-29)35-18-13-23(14-19-35)27(37)30-15-20-34-16-5-4-7-22(34)2/h6,8-12,17,22-23,31H,3-5,7,13-16,18-21H2,1-2H3,(H,30,37)/t22-/m0/s1. The Kier molecular flexibility index (Phi) is 9.36. The summed E-state index contributed by atoms with van der Waals surface area (Å²) in [7, 11) is 0. The third-order valence-electron chi connectivity index (χ3n) is 7.86. The molecule has 210 valence electrons. The Hall–Kier alpha value is -3.11. The molecule has 2 N–H and O–H groups in total. The Morgan fingerprint density at radius 1 is 1.05 bits per heavy atom. The maximum absolute atomic E-state index is 12.8. The van der Waals surface area contributed by atoms with E-state index in [-0.39, 0.29) is 11.8 Å². The highest BCUT2D eigenvalue weighted by molar-refractivity contribution is 7.17. The second-order valence-electron chi connectivity index (χ2n) is 10.5. The molecule has 0 aliphatic carbocycles. The molecule has 2 aliphatic rings. The lowest BCUT2D eigenvalue weighted by atomic mass is 9.96. The van der Waals surface area contributed by atoms with Crippen LogP contribution in [0.1, 0.15) is 51.6 Å². The lowest BCUT2D eigenvalue weighted by molar-refractivity contribution is -0.125. The van der Waals surface area contributed by atoms with E-state index in [1.165, 1.54) is 19.3 Å². The summed E-state index contributed by atoms with van der Waals surface area (Å²) in [5, 5.41) is 17.4. The average Bonchev–Trinajstić information content (AvgIpc) is 3.64. The Balaban J connectivity index is 1.09. The fourth-order valence-corrected chi connectivity index (χ4v) is 6.41. The third-order valence-corrected chi connectivity index (χ3v) is 8.84. The van der Waals surface area contributed by atoms with Crippen LogP contribution in [-0.2, 0) is 11.3 Å². The predicted octanol–water partition coefficient (Wildman–Crippen LogP) is 4.55. The van der Waals surface area contributed by atoms with Crippen LogP contribution in [-0.4, -0.2) is 70.9 Å². The number of ether oxygens (including phenoxy) is 1. The maximum atomic E-state index is 12.8. The van der Waals surface area contributed by atoms with Gasteiger partial charge in [-0.25, -0.2) is 0 Å². The van der Waals surface area contributed by atoms with Gasteiger partial charge in [-0.1, -0.05) is 17.8 Å². The quantitative estimate of drug-likeness (QED) is 0.362. The normalized spacial score (nSPS) is 18.7. The van der Waals surface area contributed by atoms with Gasteiger partial charge in [0.25, 0.3) is 0 Å². The van der Waals surface area contributed by atoms with E-state index in [2.05, 4.69) is 48.2 Å². The number of aromatic nitrogens is 3. The summed E-state index contributed by atoms with van der Waals surface area (Å²) in [4.78, 5) is 17.6. The zero-order valence-corrected chi connectivity index (χ0v) is 24.0.